The summed E-state index contributed by atoms with van der Waals surface area (Å²) in [5.74, 6) is -1.84. The Morgan fingerprint density at radius 2 is 1.73 bits per heavy atom. The van der Waals surface area contributed by atoms with E-state index >= 15 is 0 Å². The van der Waals surface area contributed by atoms with Crippen molar-refractivity contribution in [3.8, 4) is 0 Å². The van der Waals surface area contributed by atoms with Crippen LogP contribution in [0.15, 0.2) is 0 Å². The monoisotopic (exact) mass is 593 g/mol. The first-order valence-electron chi connectivity index (χ1n) is 14.2. The average Bonchev–Trinajstić information content (AvgIpc) is 3.52. The van der Waals surface area contributed by atoms with Crippen molar-refractivity contribution >= 4 is 5.91 Å². The van der Waals surface area contributed by atoms with Gasteiger partial charge in [0.25, 0.3) is 5.91 Å². The molecule has 4 rings (SSSR count). The molecule has 0 aromatic carbocycles. The molecule has 2 heterocycles. The van der Waals surface area contributed by atoms with Crippen LogP contribution in [0.5, 0.6) is 0 Å². The van der Waals surface area contributed by atoms with Gasteiger partial charge in [-0.2, -0.15) is 0 Å². The third-order valence-corrected chi connectivity index (χ3v) is 8.69. The van der Waals surface area contributed by atoms with E-state index in [1.165, 1.54) is 6.92 Å². The van der Waals surface area contributed by atoms with Crippen LogP contribution in [0.2, 0.25) is 0 Å². The molecular weight excluding hydrogens is 546 g/mol. The smallest absolute Gasteiger partial charge is 0.253 e. The number of aliphatic hydroxyl groups excluding tert-OH is 5. The normalized spacial score (nSPS) is 50.4. The van der Waals surface area contributed by atoms with Crippen molar-refractivity contribution in [1.82, 2.24) is 10.6 Å². The maximum atomic E-state index is 12.8. The molecule has 3 unspecified atom stereocenters. The molecule has 2 saturated heterocycles. The molecule has 4 fully saturated rings. The second-order valence-corrected chi connectivity index (χ2v) is 12.3. The minimum Gasteiger partial charge on any atom is -0.390 e. The van der Waals surface area contributed by atoms with E-state index in [1.807, 2.05) is 0 Å². The van der Waals surface area contributed by atoms with E-state index < -0.39 is 96.3 Å². The van der Waals surface area contributed by atoms with Gasteiger partial charge in [0.15, 0.2) is 11.9 Å². The molecule has 16 heteroatoms. The molecule has 2 aliphatic carbocycles. The Bertz CT molecular complexity index is 904. The van der Waals surface area contributed by atoms with E-state index in [0.29, 0.717) is 19.5 Å². The van der Waals surface area contributed by atoms with E-state index in [1.54, 1.807) is 0 Å². The molecule has 16 nitrogen and oxygen atoms in total. The summed E-state index contributed by atoms with van der Waals surface area (Å²) in [7, 11) is 0. The van der Waals surface area contributed by atoms with Gasteiger partial charge in [-0.1, -0.05) is 0 Å². The zero-order chi connectivity index (χ0) is 30.3. The Balaban J connectivity index is 1.55. The van der Waals surface area contributed by atoms with Crippen LogP contribution >= 0.6 is 0 Å². The molecule has 2 aliphatic heterocycles. The molecule has 41 heavy (non-hydrogen) atoms. The van der Waals surface area contributed by atoms with Crippen LogP contribution in [0.1, 0.15) is 32.6 Å². The first kappa shape index (κ1) is 32.8. The lowest BCUT2D eigenvalue weighted by molar-refractivity contribution is -0.297. The van der Waals surface area contributed by atoms with Gasteiger partial charge < -0.3 is 77.8 Å². The number of ether oxygens (including phenoxy) is 3. The van der Waals surface area contributed by atoms with Crippen molar-refractivity contribution in [1.29, 1.82) is 0 Å². The highest BCUT2D eigenvalue weighted by molar-refractivity contribution is 5.89. The van der Waals surface area contributed by atoms with Gasteiger partial charge in [-0.15, -0.1) is 0 Å². The van der Waals surface area contributed by atoms with Crippen LogP contribution in [0, 0.1) is 5.92 Å². The summed E-state index contributed by atoms with van der Waals surface area (Å²) in [6.45, 7) is 2.43. The summed E-state index contributed by atoms with van der Waals surface area (Å²) in [5, 5.41) is 80.7. The Morgan fingerprint density at radius 1 is 1.05 bits per heavy atom. The van der Waals surface area contributed by atoms with E-state index in [-0.39, 0.29) is 32.4 Å². The number of nitrogens with two attached hydrogens (primary N) is 3. The summed E-state index contributed by atoms with van der Waals surface area (Å²) >= 11 is 0. The fourth-order valence-corrected chi connectivity index (χ4v) is 6.08. The van der Waals surface area contributed by atoms with Crippen LogP contribution in [0.4, 0.5) is 0 Å². The number of aliphatic hydroxyl groups is 7. The highest BCUT2D eigenvalue weighted by Gasteiger charge is 2.60. The highest BCUT2D eigenvalue weighted by Crippen LogP contribution is 2.39. The predicted molar refractivity (Wildman–Crippen MR) is 141 cm³/mol. The lowest BCUT2D eigenvalue weighted by Gasteiger charge is -2.51. The Hall–Kier alpha value is -1.09. The van der Waals surface area contributed by atoms with Crippen LogP contribution in [0.3, 0.4) is 0 Å². The van der Waals surface area contributed by atoms with E-state index in [2.05, 4.69) is 10.6 Å². The van der Waals surface area contributed by atoms with Crippen molar-refractivity contribution in [2.45, 2.75) is 117 Å². The van der Waals surface area contributed by atoms with Crippen LogP contribution in [0.25, 0.3) is 0 Å². The quantitative estimate of drug-likeness (QED) is 0.105. The first-order valence-corrected chi connectivity index (χ1v) is 14.2. The molecule has 4 aliphatic rings. The number of nitrogens with one attached hydrogen (secondary N) is 2. The van der Waals surface area contributed by atoms with Crippen LogP contribution in [-0.2, 0) is 19.0 Å². The van der Waals surface area contributed by atoms with Crippen molar-refractivity contribution in [2.75, 3.05) is 26.2 Å². The fourth-order valence-electron chi connectivity index (χ4n) is 6.08. The number of amides is 1. The maximum Gasteiger partial charge on any atom is 0.253 e. The third-order valence-electron chi connectivity index (χ3n) is 8.69. The van der Waals surface area contributed by atoms with Crippen LogP contribution in [-0.4, -0.2) is 152 Å². The number of hydrogen-bond acceptors (Lipinski definition) is 15. The summed E-state index contributed by atoms with van der Waals surface area (Å²) < 4.78 is 17.6. The topological polar surface area (TPSA) is 288 Å². The van der Waals surface area contributed by atoms with Crippen molar-refractivity contribution in [2.24, 2.45) is 23.1 Å². The molecule has 0 aromatic heterocycles. The van der Waals surface area contributed by atoms with Gasteiger partial charge >= 0.3 is 0 Å². The second kappa shape index (κ2) is 12.9. The van der Waals surface area contributed by atoms with Gasteiger partial charge in [0.2, 0.25) is 0 Å². The molecular formula is C25H47N5O11. The lowest BCUT2D eigenvalue weighted by Crippen LogP contribution is -2.70. The van der Waals surface area contributed by atoms with E-state index in [0.717, 1.165) is 0 Å². The number of carbonyl (C=O) groups is 1. The molecule has 1 amide bonds. The van der Waals surface area contributed by atoms with E-state index in [9.17, 15) is 40.5 Å². The van der Waals surface area contributed by atoms with Crippen LogP contribution < -0.4 is 27.8 Å². The Kier molecular flexibility index (Phi) is 10.3. The Morgan fingerprint density at radius 3 is 2.34 bits per heavy atom. The number of carbonyl (C=O) groups excluding carboxylic acids is 1. The molecule has 2 saturated carbocycles. The standard InChI is InChI=1S/C25H47N5O11/c1-24(37)6-12(31)22(39-9-24)41-20-11(30-23(36)25(38)7-14(25)28)5-10(27)15(17(20)33)21-19(35)18(34)16(32)13(40-21)8-29-4-2-3-26/h10-22,29,31-35,37-38H,2-9,26-28H2,1H3,(H,30,36)/t10-,11+,12+,13+,14?,15?,16+,17-,18-,19+,20-,21+,22+,24+,25?/m0/s1. The van der Waals surface area contributed by atoms with Gasteiger partial charge in [0, 0.05) is 37.4 Å². The summed E-state index contributed by atoms with van der Waals surface area (Å²) in [6, 6.07) is -2.65. The largest absolute Gasteiger partial charge is 0.390 e. The Labute approximate surface area is 238 Å². The molecule has 15 atom stereocenters. The maximum absolute atomic E-state index is 12.8. The minimum atomic E-state index is -1.77. The van der Waals surface area contributed by atoms with Crippen molar-refractivity contribution < 1.29 is 54.8 Å². The molecule has 0 spiro atoms. The summed E-state index contributed by atoms with van der Waals surface area (Å²) in [4.78, 5) is 12.8. The number of hydrogen-bond donors (Lipinski definition) is 12. The highest BCUT2D eigenvalue weighted by atomic mass is 16.7. The zero-order valence-corrected chi connectivity index (χ0v) is 23.2. The van der Waals surface area contributed by atoms with Gasteiger partial charge in [0.1, 0.15) is 30.5 Å². The summed E-state index contributed by atoms with van der Waals surface area (Å²) in [5.41, 5.74) is 14.6. The number of rotatable bonds is 10. The molecule has 0 radical (unpaired) electrons. The molecule has 15 N–H and O–H groups in total. The van der Waals surface area contributed by atoms with Crippen molar-refractivity contribution in [3.63, 3.8) is 0 Å². The summed E-state index contributed by atoms with van der Waals surface area (Å²) in [6.07, 6.45) is -11.6. The van der Waals surface area contributed by atoms with Gasteiger partial charge in [-0.25, -0.2) is 0 Å². The fraction of sp³-hybridized carbons (Fsp3) is 0.960. The van der Waals surface area contributed by atoms with Gasteiger partial charge in [-0.3, -0.25) is 4.79 Å². The van der Waals surface area contributed by atoms with Gasteiger partial charge in [-0.05, 0) is 32.9 Å². The van der Waals surface area contributed by atoms with Crippen molar-refractivity contribution in [3.05, 3.63) is 0 Å². The zero-order valence-electron chi connectivity index (χ0n) is 23.2. The first-order chi connectivity index (χ1) is 19.2. The third kappa shape index (κ3) is 7.02. The van der Waals surface area contributed by atoms with Gasteiger partial charge in [0.05, 0.1) is 36.6 Å². The minimum absolute atomic E-state index is 0.0192. The lowest BCUT2D eigenvalue weighted by atomic mass is 9.72. The van der Waals surface area contributed by atoms with E-state index in [4.69, 9.17) is 31.4 Å². The second-order valence-electron chi connectivity index (χ2n) is 12.3. The SMILES string of the molecule is C[C@]1(O)CO[C@H](O[C@H]2[C@H](NC(=O)C3(O)CC3N)C[C@H](N)C([C@H]3O[C@H](CNCCCN)[C@@H](O)[C@H](O)[C@H]3O)[C@@H]2O)[C@H](O)C1. The molecule has 0 aromatic rings. The molecule has 0 bridgehead atoms. The molecule has 238 valence electrons. The predicted octanol–water partition coefficient (Wildman–Crippen LogP) is -6.33. The average molecular weight is 594 g/mol.